The fourth-order valence-electron chi connectivity index (χ4n) is 3.13. The number of fused-ring (bicyclic) bond motifs is 1. The van der Waals surface area contributed by atoms with Crippen molar-refractivity contribution in [1.29, 1.82) is 0 Å². The summed E-state index contributed by atoms with van der Waals surface area (Å²) in [5.74, 6) is 2.06. The molecule has 0 N–H and O–H groups in total. The minimum Gasteiger partial charge on any atom is -0.299 e. The Balaban J connectivity index is 1.94. The van der Waals surface area contributed by atoms with Gasteiger partial charge in [0.05, 0.1) is 0 Å². The second kappa shape index (κ2) is 4.70. The highest BCUT2D eigenvalue weighted by Crippen LogP contribution is 2.34. The van der Waals surface area contributed by atoms with Gasteiger partial charge in [0, 0.05) is 18.3 Å². The molecule has 2 aliphatic rings. The lowest BCUT2D eigenvalue weighted by Gasteiger charge is -2.44. The van der Waals surface area contributed by atoms with E-state index in [1.165, 1.54) is 51.6 Å². The van der Waals surface area contributed by atoms with Gasteiger partial charge in [-0.3, -0.25) is 4.90 Å². The van der Waals surface area contributed by atoms with Crippen molar-refractivity contribution in [2.24, 2.45) is 5.92 Å². The molecule has 1 nitrogen and oxygen atoms in total. The maximum atomic E-state index is 4.35. The van der Waals surface area contributed by atoms with Gasteiger partial charge < -0.3 is 0 Å². The lowest BCUT2D eigenvalue weighted by Crippen LogP contribution is -2.47. The third kappa shape index (κ3) is 2.21. The van der Waals surface area contributed by atoms with Crippen molar-refractivity contribution in [3.8, 4) is 0 Å². The summed E-state index contributed by atoms with van der Waals surface area (Å²) in [6, 6.07) is 0.926. The topological polar surface area (TPSA) is 3.24 Å². The minimum atomic E-state index is 0.926. The first-order valence-electron chi connectivity index (χ1n) is 5.76. The van der Waals surface area contributed by atoms with Crippen LogP contribution in [0.15, 0.2) is 0 Å². The van der Waals surface area contributed by atoms with E-state index >= 15 is 0 Å². The van der Waals surface area contributed by atoms with Crippen LogP contribution >= 0.6 is 12.6 Å². The summed E-state index contributed by atoms with van der Waals surface area (Å²) < 4.78 is 0. The van der Waals surface area contributed by atoms with Crippen molar-refractivity contribution < 1.29 is 0 Å². The Morgan fingerprint density at radius 1 is 1.08 bits per heavy atom. The van der Waals surface area contributed by atoms with Gasteiger partial charge >= 0.3 is 0 Å². The molecular formula is C11H21NS. The van der Waals surface area contributed by atoms with Crippen LogP contribution in [0, 0.1) is 5.92 Å². The highest BCUT2D eigenvalue weighted by Gasteiger charge is 2.32. The van der Waals surface area contributed by atoms with Gasteiger partial charge in [0.25, 0.3) is 0 Å². The Morgan fingerprint density at radius 2 is 1.85 bits per heavy atom. The summed E-state index contributed by atoms with van der Waals surface area (Å²) in [6.45, 7) is 2.55. The average molecular weight is 199 g/mol. The largest absolute Gasteiger partial charge is 0.299 e. The van der Waals surface area contributed by atoms with Crippen molar-refractivity contribution in [3.63, 3.8) is 0 Å². The predicted octanol–water partition coefficient (Wildman–Crippen LogP) is 2.57. The van der Waals surface area contributed by atoms with E-state index < -0.39 is 0 Å². The number of thiol groups is 1. The minimum absolute atomic E-state index is 0.926. The van der Waals surface area contributed by atoms with Gasteiger partial charge in [-0.2, -0.15) is 12.6 Å². The Labute approximate surface area is 87.3 Å². The third-order valence-corrected chi connectivity index (χ3v) is 3.95. The van der Waals surface area contributed by atoms with Gasteiger partial charge in [-0.15, -0.1) is 0 Å². The van der Waals surface area contributed by atoms with Crippen molar-refractivity contribution in [3.05, 3.63) is 0 Å². The summed E-state index contributed by atoms with van der Waals surface area (Å²) in [4.78, 5) is 2.69. The molecule has 1 heterocycles. The Kier molecular flexibility index (Phi) is 3.56. The molecule has 0 amide bonds. The second-order valence-corrected chi connectivity index (χ2v) is 4.96. The Bertz CT molecular complexity index is 156. The van der Waals surface area contributed by atoms with Crippen LogP contribution in [0.4, 0.5) is 0 Å². The number of piperidine rings is 1. The molecule has 0 bridgehead atoms. The molecule has 2 heteroatoms. The van der Waals surface area contributed by atoms with Crippen LogP contribution in [0.5, 0.6) is 0 Å². The third-order valence-electron chi connectivity index (χ3n) is 3.75. The molecule has 76 valence electrons. The average Bonchev–Trinajstić information content (AvgIpc) is 2.19. The van der Waals surface area contributed by atoms with E-state index in [0.29, 0.717) is 0 Å². The number of hydrogen-bond acceptors (Lipinski definition) is 2. The Morgan fingerprint density at radius 3 is 2.69 bits per heavy atom. The van der Waals surface area contributed by atoms with Crippen LogP contribution in [0.1, 0.15) is 38.5 Å². The molecule has 0 aromatic rings. The molecule has 0 aromatic carbocycles. The van der Waals surface area contributed by atoms with Gasteiger partial charge in [-0.1, -0.05) is 12.8 Å². The molecule has 1 saturated heterocycles. The standard InChI is InChI=1S/C11H21NS/c13-9-8-12-7-3-5-10-4-1-2-6-11(10)12/h10-11,13H,1-9H2/t10-,11-/m1/s1. The van der Waals surface area contributed by atoms with Crippen molar-refractivity contribution >= 4 is 12.6 Å². The van der Waals surface area contributed by atoms with Crippen molar-refractivity contribution in [1.82, 2.24) is 4.90 Å². The summed E-state index contributed by atoms with van der Waals surface area (Å²) in [5.41, 5.74) is 0. The van der Waals surface area contributed by atoms with E-state index in [-0.39, 0.29) is 0 Å². The molecule has 0 spiro atoms. The summed E-state index contributed by atoms with van der Waals surface area (Å²) in [7, 11) is 0. The first-order chi connectivity index (χ1) is 6.42. The highest BCUT2D eigenvalue weighted by molar-refractivity contribution is 7.80. The zero-order chi connectivity index (χ0) is 9.10. The Hall–Kier alpha value is 0.310. The second-order valence-electron chi connectivity index (χ2n) is 4.51. The molecule has 1 saturated carbocycles. The molecule has 2 fully saturated rings. The molecular weight excluding hydrogens is 178 g/mol. The quantitative estimate of drug-likeness (QED) is 0.669. The van der Waals surface area contributed by atoms with E-state index in [2.05, 4.69) is 17.5 Å². The molecule has 0 aromatic heterocycles. The highest BCUT2D eigenvalue weighted by atomic mass is 32.1. The monoisotopic (exact) mass is 199 g/mol. The normalized spacial score (nSPS) is 35.8. The van der Waals surface area contributed by atoms with Crippen molar-refractivity contribution in [2.75, 3.05) is 18.8 Å². The summed E-state index contributed by atoms with van der Waals surface area (Å²) >= 11 is 4.35. The molecule has 0 radical (unpaired) electrons. The molecule has 2 rings (SSSR count). The van der Waals surface area contributed by atoms with Crippen LogP contribution in [0.25, 0.3) is 0 Å². The number of rotatable bonds is 2. The number of likely N-dealkylation sites (tertiary alicyclic amines) is 1. The molecule has 2 atom stereocenters. The molecule has 1 aliphatic heterocycles. The van der Waals surface area contributed by atoms with Gasteiger partial charge in [-0.25, -0.2) is 0 Å². The van der Waals surface area contributed by atoms with E-state index in [4.69, 9.17) is 0 Å². The van der Waals surface area contributed by atoms with Gasteiger partial charge in [-0.05, 0) is 38.1 Å². The summed E-state index contributed by atoms with van der Waals surface area (Å²) in [5, 5.41) is 0. The fourth-order valence-corrected chi connectivity index (χ4v) is 3.39. The van der Waals surface area contributed by atoms with Crippen LogP contribution < -0.4 is 0 Å². The maximum absolute atomic E-state index is 4.35. The van der Waals surface area contributed by atoms with Gasteiger partial charge in [0.2, 0.25) is 0 Å². The predicted molar refractivity (Wildman–Crippen MR) is 60.4 cm³/mol. The van der Waals surface area contributed by atoms with E-state index in [1.807, 2.05) is 0 Å². The van der Waals surface area contributed by atoms with Crippen molar-refractivity contribution in [2.45, 2.75) is 44.6 Å². The maximum Gasteiger partial charge on any atom is 0.0124 e. The van der Waals surface area contributed by atoms with E-state index in [9.17, 15) is 0 Å². The zero-order valence-electron chi connectivity index (χ0n) is 8.41. The lowest BCUT2D eigenvalue weighted by atomic mass is 9.78. The smallest absolute Gasteiger partial charge is 0.0124 e. The van der Waals surface area contributed by atoms with Crippen LogP contribution in [0.3, 0.4) is 0 Å². The van der Waals surface area contributed by atoms with E-state index in [1.54, 1.807) is 0 Å². The van der Waals surface area contributed by atoms with E-state index in [0.717, 1.165) is 17.7 Å². The van der Waals surface area contributed by atoms with Crippen LogP contribution in [-0.2, 0) is 0 Å². The zero-order valence-corrected chi connectivity index (χ0v) is 9.31. The van der Waals surface area contributed by atoms with Gasteiger partial charge in [0.15, 0.2) is 0 Å². The summed E-state index contributed by atoms with van der Waals surface area (Å²) in [6.07, 6.45) is 8.81. The van der Waals surface area contributed by atoms with Crippen LogP contribution in [0.2, 0.25) is 0 Å². The first kappa shape index (κ1) is 9.85. The molecule has 1 aliphatic carbocycles. The van der Waals surface area contributed by atoms with Gasteiger partial charge in [0.1, 0.15) is 0 Å². The first-order valence-corrected chi connectivity index (χ1v) is 6.40. The number of nitrogens with zero attached hydrogens (tertiary/aromatic N) is 1. The number of hydrogen-bond donors (Lipinski definition) is 1. The molecule has 0 unspecified atom stereocenters. The molecule has 13 heavy (non-hydrogen) atoms. The SMILES string of the molecule is SCCN1CCC[C@H]2CCCC[C@H]21. The van der Waals surface area contributed by atoms with Crippen LogP contribution in [-0.4, -0.2) is 29.8 Å². The lowest BCUT2D eigenvalue weighted by molar-refractivity contribution is 0.0667. The fraction of sp³-hybridized carbons (Fsp3) is 1.00.